The van der Waals surface area contributed by atoms with Crippen molar-refractivity contribution in [3.05, 3.63) is 65.7 Å². The first-order valence-electron chi connectivity index (χ1n) is 11.2. The van der Waals surface area contributed by atoms with Gasteiger partial charge in [-0.25, -0.2) is 0 Å². The highest BCUT2D eigenvalue weighted by Crippen LogP contribution is 2.51. The zero-order chi connectivity index (χ0) is 21.4. The standard InChI is InChI=1S/C25H28N2O4/c1-2-3-15-30-21-12-8-7-11-19(21)24(29)26-14-13-25-22(26)16-23(28)27(25)20(17-31-25)18-9-5-4-6-10-18/h4-12,20,22H,2-3,13-17H2,1H3/t20-,22+,25-/m0/s1. The summed E-state index contributed by atoms with van der Waals surface area (Å²) in [7, 11) is 0. The zero-order valence-corrected chi connectivity index (χ0v) is 17.8. The third-order valence-electron chi connectivity index (χ3n) is 6.77. The van der Waals surface area contributed by atoms with Crippen LogP contribution in [-0.2, 0) is 9.53 Å². The lowest BCUT2D eigenvalue weighted by Crippen LogP contribution is -2.49. The molecule has 0 bridgehead atoms. The van der Waals surface area contributed by atoms with E-state index in [1.54, 1.807) is 0 Å². The van der Waals surface area contributed by atoms with Crippen LogP contribution in [0.4, 0.5) is 0 Å². The summed E-state index contributed by atoms with van der Waals surface area (Å²) in [5, 5.41) is 0. The Kier molecular flexibility index (Phi) is 5.18. The smallest absolute Gasteiger partial charge is 0.258 e. The Bertz CT molecular complexity index is 978. The van der Waals surface area contributed by atoms with Crippen molar-refractivity contribution in [1.82, 2.24) is 9.80 Å². The number of carbonyl (C=O) groups excluding carboxylic acids is 2. The van der Waals surface area contributed by atoms with Crippen molar-refractivity contribution in [1.29, 1.82) is 0 Å². The molecule has 31 heavy (non-hydrogen) atoms. The van der Waals surface area contributed by atoms with E-state index in [-0.39, 0.29) is 23.9 Å². The second-order valence-corrected chi connectivity index (χ2v) is 8.51. The topological polar surface area (TPSA) is 59.1 Å². The highest BCUT2D eigenvalue weighted by molar-refractivity contribution is 5.98. The minimum atomic E-state index is -0.717. The normalized spacial score (nSPS) is 26.8. The van der Waals surface area contributed by atoms with Crippen LogP contribution in [0.1, 0.15) is 54.6 Å². The Morgan fingerprint density at radius 3 is 2.74 bits per heavy atom. The molecule has 6 heteroatoms. The second-order valence-electron chi connectivity index (χ2n) is 8.51. The molecule has 1 spiro atoms. The summed E-state index contributed by atoms with van der Waals surface area (Å²) in [6.45, 7) is 3.72. The Labute approximate surface area is 182 Å². The minimum absolute atomic E-state index is 0.0568. The first kappa shape index (κ1) is 20.1. The predicted molar refractivity (Wildman–Crippen MR) is 116 cm³/mol. The third kappa shape index (κ3) is 3.21. The van der Waals surface area contributed by atoms with Gasteiger partial charge in [0.15, 0.2) is 5.72 Å². The van der Waals surface area contributed by atoms with Crippen molar-refractivity contribution in [2.75, 3.05) is 19.8 Å². The molecule has 0 radical (unpaired) electrons. The van der Waals surface area contributed by atoms with Crippen LogP contribution in [-0.4, -0.2) is 53.1 Å². The van der Waals surface area contributed by atoms with Crippen LogP contribution < -0.4 is 4.74 Å². The zero-order valence-electron chi connectivity index (χ0n) is 17.8. The predicted octanol–water partition coefficient (Wildman–Crippen LogP) is 3.78. The van der Waals surface area contributed by atoms with Crippen molar-refractivity contribution in [3.63, 3.8) is 0 Å². The molecule has 0 aliphatic carbocycles. The van der Waals surface area contributed by atoms with Gasteiger partial charge in [-0.1, -0.05) is 55.8 Å². The molecule has 162 valence electrons. The lowest BCUT2D eigenvalue weighted by molar-refractivity contribution is -0.138. The molecule has 3 atom stereocenters. The van der Waals surface area contributed by atoms with Gasteiger partial charge in [-0.15, -0.1) is 0 Å². The number of likely N-dealkylation sites (tertiary alicyclic amines) is 1. The largest absolute Gasteiger partial charge is 0.493 e. The Morgan fingerprint density at radius 1 is 1.16 bits per heavy atom. The molecule has 5 rings (SSSR count). The van der Waals surface area contributed by atoms with E-state index in [9.17, 15) is 9.59 Å². The number of hydrogen-bond donors (Lipinski definition) is 0. The molecule has 3 aliphatic heterocycles. The molecule has 2 aromatic rings. The number of ether oxygens (including phenoxy) is 2. The number of unbranched alkanes of at least 4 members (excludes halogenated alkanes) is 1. The van der Waals surface area contributed by atoms with E-state index in [2.05, 4.69) is 6.92 Å². The molecule has 3 fully saturated rings. The summed E-state index contributed by atoms with van der Waals surface area (Å²) in [6, 6.07) is 17.0. The average Bonchev–Trinajstić information content (AvgIpc) is 3.43. The maximum atomic E-state index is 13.5. The molecule has 2 amide bonds. The molecular weight excluding hydrogens is 392 g/mol. The first-order valence-corrected chi connectivity index (χ1v) is 11.2. The summed E-state index contributed by atoms with van der Waals surface area (Å²) in [4.78, 5) is 30.4. The van der Waals surface area contributed by atoms with Crippen molar-refractivity contribution in [2.45, 2.75) is 50.4 Å². The van der Waals surface area contributed by atoms with Crippen LogP contribution in [0.2, 0.25) is 0 Å². The molecule has 3 aliphatic rings. The van der Waals surface area contributed by atoms with E-state index in [1.807, 2.05) is 64.4 Å². The van der Waals surface area contributed by atoms with Gasteiger partial charge >= 0.3 is 0 Å². The molecule has 6 nitrogen and oxygen atoms in total. The van der Waals surface area contributed by atoms with Gasteiger partial charge < -0.3 is 19.3 Å². The van der Waals surface area contributed by atoms with Crippen LogP contribution in [0.25, 0.3) is 0 Å². The van der Waals surface area contributed by atoms with Gasteiger partial charge in [-0.2, -0.15) is 0 Å². The summed E-state index contributed by atoms with van der Waals surface area (Å²) in [5.74, 6) is 0.578. The van der Waals surface area contributed by atoms with Gasteiger partial charge in [-0.3, -0.25) is 9.59 Å². The van der Waals surface area contributed by atoms with Crippen LogP contribution in [0.3, 0.4) is 0 Å². The number of carbonyl (C=O) groups is 2. The summed E-state index contributed by atoms with van der Waals surface area (Å²) >= 11 is 0. The van der Waals surface area contributed by atoms with Crippen molar-refractivity contribution < 1.29 is 19.1 Å². The SMILES string of the molecule is CCCCOc1ccccc1C(=O)N1CC[C@@]23OC[C@@H](c4ccccc4)N2C(=O)C[C@@H]13. The number of nitrogens with zero attached hydrogens (tertiary/aromatic N) is 2. The van der Waals surface area contributed by atoms with Crippen LogP contribution in [0, 0.1) is 0 Å². The average molecular weight is 421 g/mol. The fourth-order valence-corrected chi connectivity index (χ4v) is 5.26. The van der Waals surface area contributed by atoms with Gasteiger partial charge in [0, 0.05) is 13.0 Å². The Morgan fingerprint density at radius 2 is 1.94 bits per heavy atom. The lowest BCUT2D eigenvalue weighted by Gasteiger charge is -2.33. The summed E-state index contributed by atoms with van der Waals surface area (Å²) in [5.41, 5.74) is 0.914. The molecule has 0 unspecified atom stereocenters. The Hall–Kier alpha value is -2.86. The maximum absolute atomic E-state index is 13.5. The van der Waals surface area contributed by atoms with E-state index in [1.165, 1.54) is 0 Å². The maximum Gasteiger partial charge on any atom is 0.258 e. The highest BCUT2D eigenvalue weighted by atomic mass is 16.5. The van der Waals surface area contributed by atoms with E-state index < -0.39 is 5.72 Å². The number of amides is 2. The molecule has 3 saturated heterocycles. The van der Waals surface area contributed by atoms with Gasteiger partial charge in [0.05, 0.1) is 37.3 Å². The minimum Gasteiger partial charge on any atom is -0.493 e. The molecule has 0 saturated carbocycles. The fourth-order valence-electron chi connectivity index (χ4n) is 5.26. The number of hydrogen-bond acceptors (Lipinski definition) is 4. The van der Waals surface area contributed by atoms with Crippen molar-refractivity contribution in [3.8, 4) is 5.75 Å². The van der Waals surface area contributed by atoms with E-state index in [0.29, 0.717) is 43.9 Å². The fraction of sp³-hybridized carbons (Fsp3) is 0.440. The second kappa shape index (κ2) is 8.00. The van der Waals surface area contributed by atoms with Gasteiger partial charge in [-0.05, 0) is 24.1 Å². The number of para-hydroxylation sites is 1. The quantitative estimate of drug-likeness (QED) is 0.668. The molecule has 0 N–H and O–H groups in total. The molecule has 2 aromatic carbocycles. The Balaban J connectivity index is 1.40. The van der Waals surface area contributed by atoms with E-state index in [0.717, 1.165) is 18.4 Å². The first-order chi connectivity index (χ1) is 15.2. The molecule has 0 aromatic heterocycles. The number of rotatable bonds is 6. The van der Waals surface area contributed by atoms with Crippen molar-refractivity contribution >= 4 is 11.8 Å². The van der Waals surface area contributed by atoms with Gasteiger partial charge in [0.2, 0.25) is 5.91 Å². The molecule has 3 heterocycles. The lowest BCUT2D eigenvalue weighted by atomic mass is 10.0. The van der Waals surface area contributed by atoms with Crippen LogP contribution in [0.5, 0.6) is 5.75 Å². The van der Waals surface area contributed by atoms with Crippen LogP contribution in [0.15, 0.2) is 54.6 Å². The molecular formula is C25H28N2O4. The monoisotopic (exact) mass is 420 g/mol. The summed E-state index contributed by atoms with van der Waals surface area (Å²) < 4.78 is 12.2. The van der Waals surface area contributed by atoms with Gasteiger partial charge in [0.1, 0.15) is 5.75 Å². The van der Waals surface area contributed by atoms with Crippen LogP contribution >= 0.6 is 0 Å². The van der Waals surface area contributed by atoms with Gasteiger partial charge in [0.25, 0.3) is 5.91 Å². The van der Waals surface area contributed by atoms with E-state index in [4.69, 9.17) is 9.47 Å². The summed E-state index contributed by atoms with van der Waals surface area (Å²) in [6.07, 6.45) is 2.91. The third-order valence-corrected chi connectivity index (χ3v) is 6.77. The van der Waals surface area contributed by atoms with Crippen molar-refractivity contribution in [2.24, 2.45) is 0 Å². The number of benzene rings is 2. The highest BCUT2D eigenvalue weighted by Gasteiger charge is 2.65. The van der Waals surface area contributed by atoms with E-state index >= 15 is 0 Å².